The van der Waals surface area contributed by atoms with Crippen molar-refractivity contribution in [1.29, 1.82) is 0 Å². The summed E-state index contributed by atoms with van der Waals surface area (Å²) in [5.74, 6) is -2.71. The summed E-state index contributed by atoms with van der Waals surface area (Å²) in [6.07, 6.45) is -0.144. The molecule has 9 nitrogen and oxygen atoms in total. The van der Waals surface area contributed by atoms with Crippen molar-refractivity contribution in [2.24, 2.45) is 5.92 Å². The van der Waals surface area contributed by atoms with Gasteiger partial charge in [-0.15, -0.1) is 0 Å². The number of methoxy groups -OCH3 is 1. The topological polar surface area (TPSA) is 114 Å². The minimum absolute atomic E-state index is 0.0670. The summed E-state index contributed by atoms with van der Waals surface area (Å²) >= 11 is 9.22. The van der Waals surface area contributed by atoms with Gasteiger partial charge in [-0.2, -0.15) is 0 Å². The lowest BCUT2D eigenvalue weighted by molar-refractivity contribution is -0.151. The molecule has 11 heteroatoms. The van der Waals surface area contributed by atoms with E-state index >= 15 is 0 Å². The first-order valence-corrected chi connectivity index (χ1v) is 10.6. The second kappa shape index (κ2) is 10.5. The largest absolute Gasteiger partial charge is 0.496 e. The number of ether oxygens (including phenoxy) is 2. The number of benzene rings is 2. The van der Waals surface area contributed by atoms with Crippen molar-refractivity contribution >= 4 is 56.9 Å². The number of anilines is 1. The summed E-state index contributed by atoms with van der Waals surface area (Å²) in [6.45, 7) is -0.590. The van der Waals surface area contributed by atoms with Crippen molar-refractivity contribution < 1.29 is 28.7 Å². The van der Waals surface area contributed by atoms with Gasteiger partial charge in [-0.25, -0.2) is 0 Å². The van der Waals surface area contributed by atoms with Gasteiger partial charge >= 0.3 is 5.97 Å². The molecule has 1 aliphatic heterocycles. The average Bonchev–Trinajstić information content (AvgIpc) is 3.14. The van der Waals surface area contributed by atoms with E-state index in [0.29, 0.717) is 20.9 Å². The Morgan fingerprint density at radius 3 is 2.69 bits per heavy atom. The molecule has 0 unspecified atom stereocenters. The van der Waals surface area contributed by atoms with Gasteiger partial charge in [0.2, 0.25) is 5.91 Å². The Morgan fingerprint density at radius 2 is 1.97 bits per heavy atom. The molecule has 2 aromatic carbocycles. The number of rotatable bonds is 7. The summed E-state index contributed by atoms with van der Waals surface area (Å²) in [7, 11) is 1.43. The first-order chi connectivity index (χ1) is 15.3. The molecule has 1 heterocycles. The first-order valence-electron chi connectivity index (χ1n) is 9.44. The van der Waals surface area contributed by atoms with Gasteiger partial charge in [0, 0.05) is 16.6 Å². The molecule has 2 aromatic rings. The van der Waals surface area contributed by atoms with Crippen LogP contribution in [0.4, 0.5) is 5.69 Å². The molecule has 1 aliphatic rings. The number of carbonyl (C=O) groups excluding carboxylic acids is 4. The van der Waals surface area contributed by atoms with Gasteiger partial charge in [0.05, 0.1) is 30.2 Å². The number of para-hydroxylation sites is 1. The Hall–Kier alpha value is -3.11. The second-order valence-electron chi connectivity index (χ2n) is 6.83. The van der Waals surface area contributed by atoms with E-state index in [4.69, 9.17) is 21.1 Å². The molecule has 3 amide bonds. The number of halogens is 2. The highest BCUT2D eigenvalue weighted by Gasteiger charge is 2.37. The Bertz CT molecular complexity index is 1060. The summed E-state index contributed by atoms with van der Waals surface area (Å²) in [5, 5.41) is 4.04. The van der Waals surface area contributed by atoms with Gasteiger partial charge in [0.25, 0.3) is 11.8 Å². The molecule has 3 rings (SSSR count). The standard InChI is InChI=1S/C21H19BrClN3O6/c1-31-17-5-3-2-4-14(17)20(29)25-26-10-12(8-19(26)28)21(30)32-11-18(27)24-13-6-7-15(22)16(23)9-13/h2-7,9,12H,8,10-11H2,1H3,(H,24,27)(H,25,29)/t12-/m1/s1. The van der Waals surface area contributed by atoms with Gasteiger partial charge in [0.1, 0.15) is 5.75 Å². The van der Waals surface area contributed by atoms with Gasteiger partial charge in [-0.3, -0.25) is 29.6 Å². The number of hydrazine groups is 1. The molecule has 1 saturated heterocycles. The maximum absolute atomic E-state index is 12.5. The fraction of sp³-hybridized carbons (Fsp3) is 0.238. The van der Waals surface area contributed by atoms with Crippen molar-refractivity contribution in [1.82, 2.24) is 10.4 Å². The van der Waals surface area contributed by atoms with Crippen LogP contribution in [0.25, 0.3) is 0 Å². The maximum Gasteiger partial charge on any atom is 0.311 e. The highest BCUT2D eigenvalue weighted by Crippen LogP contribution is 2.25. The molecule has 0 aromatic heterocycles. The van der Waals surface area contributed by atoms with Crippen molar-refractivity contribution in [3.05, 3.63) is 57.5 Å². The SMILES string of the molecule is COc1ccccc1C(=O)NN1C[C@H](C(=O)OCC(=O)Nc2ccc(Br)c(Cl)c2)CC1=O. The number of esters is 1. The number of amides is 3. The highest BCUT2D eigenvalue weighted by atomic mass is 79.9. The lowest BCUT2D eigenvalue weighted by Crippen LogP contribution is -2.43. The fourth-order valence-electron chi connectivity index (χ4n) is 3.01. The molecule has 0 radical (unpaired) electrons. The van der Waals surface area contributed by atoms with Crippen LogP contribution in [-0.4, -0.2) is 49.0 Å². The number of hydrogen-bond acceptors (Lipinski definition) is 6. The Morgan fingerprint density at radius 1 is 1.22 bits per heavy atom. The maximum atomic E-state index is 12.5. The fourth-order valence-corrected chi connectivity index (χ4v) is 3.44. The van der Waals surface area contributed by atoms with Crippen LogP contribution in [-0.2, 0) is 19.1 Å². The predicted octanol–water partition coefficient (Wildman–Crippen LogP) is 2.79. The van der Waals surface area contributed by atoms with E-state index in [1.54, 1.807) is 42.5 Å². The van der Waals surface area contributed by atoms with E-state index in [1.807, 2.05) is 0 Å². The number of nitrogens with one attached hydrogen (secondary N) is 2. The van der Waals surface area contributed by atoms with Crippen LogP contribution in [0.2, 0.25) is 5.02 Å². The van der Waals surface area contributed by atoms with E-state index in [1.165, 1.54) is 7.11 Å². The zero-order valence-corrected chi connectivity index (χ0v) is 19.2. The quantitative estimate of drug-likeness (QED) is 0.539. The highest BCUT2D eigenvalue weighted by molar-refractivity contribution is 9.10. The lowest BCUT2D eigenvalue weighted by Gasteiger charge is -2.18. The Kier molecular flexibility index (Phi) is 7.70. The summed E-state index contributed by atoms with van der Waals surface area (Å²) < 4.78 is 10.8. The molecule has 0 saturated carbocycles. The first kappa shape index (κ1) is 23.6. The molecule has 1 fully saturated rings. The van der Waals surface area contributed by atoms with Crippen LogP contribution in [0.1, 0.15) is 16.8 Å². The van der Waals surface area contributed by atoms with Crippen LogP contribution in [0.3, 0.4) is 0 Å². The zero-order chi connectivity index (χ0) is 23.3. The van der Waals surface area contributed by atoms with Crippen LogP contribution in [0.15, 0.2) is 46.9 Å². The minimum atomic E-state index is -0.810. The molecule has 168 valence electrons. The van der Waals surface area contributed by atoms with Crippen LogP contribution < -0.4 is 15.5 Å². The number of nitrogens with zero attached hydrogens (tertiary/aromatic N) is 1. The lowest BCUT2D eigenvalue weighted by atomic mass is 10.1. The number of carbonyl (C=O) groups is 4. The Balaban J connectivity index is 1.50. The number of hydrogen-bond donors (Lipinski definition) is 2. The van der Waals surface area contributed by atoms with E-state index < -0.39 is 36.2 Å². The summed E-state index contributed by atoms with van der Waals surface area (Å²) in [5.41, 5.74) is 3.17. The van der Waals surface area contributed by atoms with Crippen molar-refractivity contribution in [3.8, 4) is 5.75 Å². The van der Waals surface area contributed by atoms with Crippen molar-refractivity contribution in [3.63, 3.8) is 0 Å². The molecule has 0 spiro atoms. The van der Waals surface area contributed by atoms with Gasteiger partial charge in [-0.05, 0) is 46.3 Å². The minimum Gasteiger partial charge on any atom is -0.496 e. The third-order valence-corrected chi connectivity index (χ3v) is 5.83. The van der Waals surface area contributed by atoms with Crippen LogP contribution in [0, 0.1) is 5.92 Å². The van der Waals surface area contributed by atoms with Crippen LogP contribution in [0.5, 0.6) is 5.75 Å². The van der Waals surface area contributed by atoms with E-state index in [9.17, 15) is 19.2 Å². The summed E-state index contributed by atoms with van der Waals surface area (Å²) in [4.78, 5) is 49.0. The molecule has 2 N–H and O–H groups in total. The molecule has 1 atom stereocenters. The molecule has 32 heavy (non-hydrogen) atoms. The third-order valence-electron chi connectivity index (χ3n) is 4.60. The third kappa shape index (κ3) is 5.77. The molecular weight excluding hydrogens is 506 g/mol. The average molecular weight is 525 g/mol. The summed E-state index contributed by atoms with van der Waals surface area (Å²) in [6, 6.07) is 11.4. The molecular formula is C21H19BrClN3O6. The second-order valence-corrected chi connectivity index (χ2v) is 8.09. The van der Waals surface area contributed by atoms with E-state index in [2.05, 4.69) is 26.7 Å². The normalized spacial score (nSPS) is 15.3. The van der Waals surface area contributed by atoms with Gasteiger partial charge in [-0.1, -0.05) is 23.7 Å². The van der Waals surface area contributed by atoms with E-state index in [0.717, 1.165) is 5.01 Å². The van der Waals surface area contributed by atoms with Crippen LogP contribution >= 0.6 is 27.5 Å². The Labute approximate surface area is 197 Å². The zero-order valence-electron chi connectivity index (χ0n) is 16.9. The smallest absolute Gasteiger partial charge is 0.311 e. The monoisotopic (exact) mass is 523 g/mol. The predicted molar refractivity (Wildman–Crippen MR) is 119 cm³/mol. The molecule has 0 aliphatic carbocycles. The van der Waals surface area contributed by atoms with Crippen molar-refractivity contribution in [2.75, 3.05) is 25.6 Å². The molecule has 0 bridgehead atoms. The van der Waals surface area contributed by atoms with Crippen molar-refractivity contribution in [2.45, 2.75) is 6.42 Å². The van der Waals surface area contributed by atoms with E-state index in [-0.39, 0.29) is 18.5 Å². The van der Waals surface area contributed by atoms with Gasteiger partial charge in [0.15, 0.2) is 6.61 Å². The van der Waals surface area contributed by atoms with Gasteiger partial charge < -0.3 is 14.8 Å².